The van der Waals surface area contributed by atoms with Crippen LogP contribution in [0.15, 0.2) is 12.7 Å². The van der Waals surface area contributed by atoms with Crippen molar-refractivity contribution in [1.29, 1.82) is 0 Å². The normalized spacial score (nSPS) is 12.3. The Morgan fingerprint density at radius 2 is 1.76 bits per heavy atom. The fourth-order valence-corrected chi connectivity index (χ4v) is 1.82. The average molecular weight is 290 g/mol. The molecule has 0 aromatic rings. The van der Waals surface area contributed by atoms with Crippen molar-refractivity contribution in [2.75, 3.05) is 0 Å². The zero-order valence-electron chi connectivity index (χ0n) is 12.9. The van der Waals surface area contributed by atoms with Crippen LogP contribution in [0.1, 0.15) is 58.3 Å². The van der Waals surface area contributed by atoms with Crippen LogP contribution in [0.25, 0.3) is 0 Å². The van der Waals surface area contributed by atoms with Crippen LogP contribution < -0.4 is 0 Å². The molecule has 21 heavy (non-hydrogen) atoms. The number of aliphatic hydroxyl groups excluding tert-OH is 1. The van der Waals surface area contributed by atoms with E-state index in [2.05, 4.69) is 37.2 Å². The number of rotatable bonds is 10. The molecule has 0 aromatic carbocycles. The maximum absolute atomic E-state index is 10.5. The maximum Gasteiger partial charge on any atom is 0.304 e. The van der Waals surface area contributed by atoms with Crippen LogP contribution in [0.2, 0.25) is 0 Å². The van der Waals surface area contributed by atoms with Gasteiger partial charge in [-0.05, 0) is 24.7 Å². The van der Waals surface area contributed by atoms with Gasteiger partial charge < -0.3 is 10.2 Å². The SMILES string of the molecule is C=C[C@H](C#CC#C[C@@H](O)CCCCCCCC)CC(=O)O. The molecule has 0 unspecified atom stereocenters. The quantitative estimate of drug-likeness (QED) is 0.368. The van der Waals surface area contributed by atoms with Crippen molar-refractivity contribution in [2.24, 2.45) is 5.92 Å². The predicted octanol–water partition coefficient (Wildman–Crippen LogP) is 3.38. The van der Waals surface area contributed by atoms with E-state index in [0.29, 0.717) is 6.42 Å². The molecule has 0 saturated heterocycles. The number of allylic oxidation sites excluding steroid dienone is 1. The maximum atomic E-state index is 10.5. The summed E-state index contributed by atoms with van der Waals surface area (Å²) >= 11 is 0. The van der Waals surface area contributed by atoms with Crippen LogP contribution >= 0.6 is 0 Å². The van der Waals surface area contributed by atoms with Crippen LogP contribution in [-0.4, -0.2) is 22.3 Å². The third-order valence-electron chi connectivity index (χ3n) is 3.07. The number of carboxylic acids is 1. The Balaban J connectivity index is 3.93. The van der Waals surface area contributed by atoms with Gasteiger partial charge in [-0.25, -0.2) is 0 Å². The van der Waals surface area contributed by atoms with Gasteiger partial charge in [-0.2, -0.15) is 0 Å². The zero-order valence-corrected chi connectivity index (χ0v) is 12.9. The van der Waals surface area contributed by atoms with E-state index in [1.54, 1.807) is 0 Å². The van der Waals surface area contributed by atoms with E-state index in [4.69, 9.17) is 5.11 Å². The second kappa shape index (κ2) is 13.3. The summed E-state index contributed by atoms with van der Waals surface area (Å²) in [6, 6.07) is 0. The summed E-state index contributed by atoms with van der Waals surface area (Å²) in [4.78, 5) is 10.5. The first-order valence-corrected chi connectivity index (χ1v) is 7.63. The molecule has 0 heterocycles. The van der Waals surface area contributed by atoms with Crippen LogP contribution in [0.3, 0.4) is 0 Å². The third kappa shape index (κ3) is 13.0. The summed E-state index contributed by atoms with van der Waals surface area (Å²) in [5, 5.41) is 18.3. The van der Waals surface area contributed by atoms with Crippen molar-refractivity contribution in [3.63, 3.8) is 0 Å². The molecule has 3 nitrogen and oxygen atoms in total. The van der Waals surface area contributed by atoms with Crippen LogP contribution in [0, 0.1) is 29.6 Å². The van der Waals surface area contributed by atoms with E-state index in [0.717, 1.165) is 12.8 Å². The van der Waals surface area contributed by atoms with E-state index in [1.807, 2.05) is 0 Å². The Kier molecular flexibility index (Phi) is 12.2. The number of hydrogen-bond donors (Lipinski definition) is 2. The molecule has 3 heteroatoms. The molecule has 116 valence electrons. The fourth-order valence-electron chi connectivity index (χ4n) is 1.82. The van der Waals surface area contributed by atoms with Gasteiger partial charge in [0.25, 0.3) is 0 Å². The van der Waals surface area contributed by atoms with E-state index in [1.165, 1.54) is 31.8 Å². The monoisotopic (exact) mass is 290 g/mol. The molecule has 0 bridgehead atoms. The molecule has 0 radical (unpaired) electrons. The van der Waals surface area contributed by atoms with Crippen molar-refractivity contribution in [3.8, 4) is 23.7 Å². The minimum atomic E-state index is -0.912. The number of hydrogen-bond acceptors (Lipinski definition) is 2. The Hall–Kier alpha value is -1.71. The highest BCUT2D eigenvalue weighted by molar-refractivity contribution is 5.68. The van der Waals surface area contributed by atoms with Gasteiger partial charge in [0.2, 0.25) is 0 Å². The molecule has 0 aliphatic carbocycles. The Morgan fingerprint density at radius 3 is 2.38 bits per heavy atom. The highest BCUT2D eigenvalue weighted by Gasteiger charge is 2.04. The van der Waals surface area contributed by atoms with E-state index >= 15 is 0 Å². The highest BCUT2D eigenvalue weighted by atomic mass is 16.4. The molecule has 2 atom stereocenters. The van der Waals surface area contributed by atoms with Gasteiger partial charge in [0, 0.05) is 5.92 Å². The molecule has 0 aliphatic heterocycles. The lowest BCUT2D eigenvalue weighted by molar-refractivity contribution is -0.137. The summed E-state index contributed by atoms with van der Waals surface area (Å²) in [7, 11) is 0. The summed E-state index contributed by atoms with van der Waals surface area (Å²) < 4.78 is 0. The minimum absolute atomic E-state index is 0.0709. The third-order valence-corrected chi connectivity index (χ3v) is 3.07. The lowest BCUT2D eigenvalue weighted by Gasteiger charge is -2.02. The van der Waals surface area contributed by atoms with Crippen molar-refractivity contribution in [2.45, 2.75) is 64.4 Å². The van der Waals surface area contributed by atoms with Gasteiger partial charge >= 0.3 is 5.97 Å². The predicted molar refractivity (Wildman–Crippen MR) is 85.5 cm³/mol. The van der Waals surface area contributed by atoms with Crippen molar-refractivity contribution < 1.29 is 15.0 Å². The lowest BCUT2D eigenvalue weighted by atomic mass is 10.1. The smallest absolute Gasteiger partial charge is 0.304 e. The van der Waals surface area contributed by atoms with E-state index < -0.39 is 18.0 Å². The summed E-state index contributed by atoms with van der Waals surface area (Å²) in [6.07, 6.45) is 8.53. The van der Waals surface area contributed by atoms with Crippen molar-refractivity contribution in [1.82, 2.24) is 0 Å². The number of carbonyl (C=O) groups is 1. The summed E-state index contributed by atoms with van der Waals surface area (Å²) in [5.74, 6) is 9.24. The lowest BCUT2D eigenvalue weighted by Crippen LogP contribution is -2.03. The van der Waals surface area contributed by atoms with Crippen LogP contribution in [0.4, 0.5) is 0 Å². The first-order valence-electron chi connectivity index (χ1n) is 7.63. The number of aliphatic carboxylic acids is 1. The first-order chi connectivity index (χ1) is 10.1. The second-order valence-electron chi connectivity index (χ2n) is 5.05. The number of aliphatic hydroxyl groups is 1. The van der Waals surface area contributed by atoms with Gasteiger partial charge in [-0.1, -0.05) is 56.9 Å². The van der Waals surface area contributed by atoms with Gasteiger partial charge in [0.15, 0.2) is 0 Å². The Morgan fingerprint density at radius 1 is 1.14 bits per heavy atom. The molecule has 0 spiro atoms. The number of carboxylic acid groups (broad SMARTS) is 1. The molecular weight excluding hydrogens is 264 g/mol. The first kappa shape index (κ1) is 19.3. The molecule has 0 fully saturated rings. The van der Waals surface area contributed by atoms with Gasteiger partial charge in [-0.15, -0.1) is 6.58 Å². The van der Waals surface area contributed by atoms with Crippen LogP contribution in [-0.2, 0) is 4.79 Å². The standard InChI is InChI=1S/C18H26O3/c1-3-5-6-7-8-9-13-17(19)14-11-10-12-16(4-2)15-18(20)21/h4,16-17,19H,2-3,5-9,13,15H2,1H3,(H,20,21)/t16-,17+/m1/s1. The highest BCUT2D eigenvalue weighted by Crippen LogP contribution is 2.08. The van der Waals surface area contributed by atoms with Gasteiger partial charge in [0.05, 0.1) is 6.42 Å². The molecule has 0 amide bonds. The van der Waals surface area contributed by atoms with Crippen molar-refractivity contribution in [3.05, 3.63) is 12.7 Å². The van der Waals surface area contributed by atoms with E-state index in [-0.39, 0.29) is 6.42 Å². The average Bonchev–Trinajstić information content (AvgIpc) is 2.45. The second-order valence-corrected chi connectivity index (χ2v) is 5.05. The zero-order chi connectivity index (χ0) is 15.9. The van der Waals surface area contributed by atoms with Crippen molar-refractivity contribution >= 4 is 5.97 Å². The molecule has 0 aromatic heterocycles. The Bertz CT molecular complexity index is 417. The molecule has 2 N–H and O–H groups in total. The summed E-state index contributed by atoms with van der Waals surface area (Å²) in [5.41, 5.74) is 0. The molecule has 0 saturated carbocycles. The van der Waals surface area contributed by atoms with Crippen LogP contribution in [0.5, 0.6) is 0 Å². The minimum Gasteiger partial charge on any atom is -0.481 e. The summed E-state index contributed by atoms with van der Waals surface area (Å²) in [6.45, 7) is 5.72. The molecule has 0 rings (SSSR count). The Labute approximate surface area is 128 Å². The topological polar surface area (TPSA) is 57.5 Å². The number of unbranched alkanes of at least 4 members (excludes halogenated alkanes) is 5. The largest absolute Gasteiger partial charge is 0.481 e. The molecular formula is C18H26O3. The fraction of sp³-hybridized carbons (Fsp3) is 0.611. The van der Waals surface area contributed by atoms with Gasteiger partial charge in [0.1, 0.15) is 6.10 Å². The van der Waals surface area contributed by atoms with E-state index in [9.17, 15) is 9.90 Å². The molecule has 0 aliphatic rings. The van der Waals surface area contributed by atoms with Gasteiger partial charge in [-0.3, -0.25) is 4.79 Å².